The second-order valence-corrected chi connectivity index (χ2v) is 6.52. The van der Waals surface area contributed by atoms with Gasteiger partial charge >= 0.3 is 0 Å². The molecule has 2 heterocycles. The van der Waals surface area contributed by atoms with Crippen LogP contribution in [0.3, 0.4) is 0 Å². The zero-order valence-corrected chi connectivity index (χ0v) is 11.8. The molecule has 0 radical (unpaired) electrons. The third-order valence-corrected chi connectivity index (χ3v) is 4.74. The fourth-order valence-electron chi connectivity index (χ4n) is 2.15. The lowest BCUT2D eigenvalue weighted by Crippen LogP contribution is -2.47. The van der Waals surface area contributed by atoms with Crippen LogP contribution in [0.5, 0.6) is 0 Å². The Hall–Kier alpha value is -1.03. The van der Waals surface area contributed by atoms with Crippen molar-refractivity contribution in [1.82, 2.24) is 23.8 Å². The van der Waals surface area contributed by atoms with Gasteiger partial charge in [-0.3, -0.25) is 4.68 Å². The van der Waals surface area contributed by atoms with Gasteiger partial charge in [-0.1, -0.05) is 0 Å². The van der Waals surface area contributed by atoms with E-state index in [1.165, 1.54) is 15.3 Å². The Morgan fingerprint density at radius 1 is 1.58 bits per heavy atom. The van der Waals surface area contributed by atoms with E-state index in [0.717, 1.165) is 12.8 Å². The van der Waals surface area contributed by atoms with E-state index in [4.69, 9.17) is 5.73 Å². The average molecular weight is 288 g/mol. The lowest BCUT2D eigenvalue weighted by molar-refractivity contribution is 0.268. The largest absolute Gasteiger partial charge is 0.330 e. The molecular weight excluding hydrogens is 268 g/mol. The van der Waals surface area contributed by atoms with Gasteiger partial charge in [0, 0.05) is 20.1 Å². The second-order valence-electron chi connectivity index (χ2n) is 4.76. The van der Waals surface area contributed by atoms with Crippen LogP contribution in [-0.2, 0) is 23.8 Å². The van der Waals surface area contributed by atoms with Crippen molar-refractivity contribution in [1.29, 1.82) is 0 Å². The van der Waals surface area contributed by atoms with Crippen LogP contribution in [0.2, 0.25) is 0 Å². The molecule has 0 bridgehead atoms. The molecule has 19 heavy (non-hydrogen) atoms. The number of nitrogens with two attached hydrogens (primary N) is 1. The van der Waals surface area contributed by atoms with Gasteiger partial charge in [-0.2, -0.15) is 22.5 Å². The summed E-state index contributed by atoms with van der Waals surface area (Å²) in [6.07, 6.45) is 3.38. The lowest BCUT2D eigenvalue weighted by atomic mass is 10.0. The molecule has 1 aliphatic rings. The fourth-order valence-corrected chi connectivity index (χ4v) is 3.42. The molecule has 0 aromatic carbocycles. The first kappa shape index (κ1) is 14.4. The summed E-state index contributed by atoms with van der Waals surface area (Å²) in [4.78, 5) is 3.98. The van der Waals surface area contributed by atoms with Crippen molar-refractivity contribution in [2.75, 3.05) is 19.6 Å². The van der Waals surface area contributed by atoms with Crippen LogP contribution >= 0.6 is 0 Å². The van der Waals surface area contributed by atoms with E-state index in [2.05, 4.69) is 14.8 Å². The average Bonchev–Trinajstić information content (AvgIpc) is 2.82. The van der Waals surface area contributed by atoms with Gasteiger partial charge in [0.1, 0.15) is 6.33 Å². The normalized spacial score (nSPS) is 21.7. The topological polar surface area (TPSA) is 106 Å². The van der Waals surface area contributed by atoms with Gasteiger partial charge in [0.05, 0.1) is 6.54 Å². The minimum atomic E-state index is -3.48. The molecule has 1 unspecified atom stereocenters. The number of hydrogen-bond acceptors (Lipinski definition) is 5. The van der Waals surface area contributed by atoms with Crippen LogP contribution in [0.4, 0.5) is 0 Å². The van der Waals surface area contributed by atoms with E-state index in [-0.39, 0.29) is 12.5 Å². The predicted molar refractivity (Wildman–Crippen MR) is 70.1 cm³/mol. The van der Waals surface area contributed by atoms with Crippen molar-refractivity contribution in [2.24, 2.45) is 18.7 Å². The van der Waals surface area contributed by atoms with Gasteiger partial charge in [-0.25, -0.2) is 4.98 Å². The molecule has 0 saturated carbocycles. The minimum absolute atomic E-state index is 0.104. The van der Waals surface area contributed by atoms with E-state index in [9.17, 15) is 8.42 Å². The van der Waals surface area contributed by atoms with E-state index < -0.39 is 10.2 Å². The standard InChI is InChI=1S/C10H20N6O2S/c1-15-8-12-10(14-15)6-13-19(17,18)16-4-2-3-9(5-11)7-16/h8-9,13H,2-7,11H2,1H3. The fraction of sp³-hybridized carbons (Fsp3) is 0.800. The molecule has 1 saturated heterocycles. The SMILES string of the molecule is Cn1cnc(CNS(=O)(=O)N2CCCC(CN)C2)n1. The van der Waals surface area contributed by atoms with Crippen LogP contribution in [0, 0.1) is 5.92 Å². The molecular formula is C10H20N6O2S. The van der Waals surface area contributed by atoms with Crippen molar-refractivity contribution in [3.05, 3.63) is 12.2 Å². The molecule has 8 nitrogen and oxygen atoms in total. The van der Waals surface area contributed by atoms with Crippen LogP contribution in [0.15, 0.2) is 6.33 Å². The summed E-state index contributed by atoms with van der Waals surface area (Å²) < 4.78 is 29.8. The van der Waals surface area contributed by atoms with Crippen LogP contribution in [-0.4, -0.2) is 47.1 Å². The van der Waals surface area contributed by atoms with Crippen molar-refractivity contribution in [2.45, 2.75) is 19.4 Å². The highest BCUT2D eigenvalue weighted by molar-refractivity contribution is 7.87. The van der Waals surface area contributed by atoms with Crippen LogP contribution < -0.4 is 10.5 Å². The Morgan fingerprint density at radius 3 is 3.00 bits per heavy atom. The lowest BCUT2D eigenvalue weighted by Gasteiger charge is -2.31. The van der Waals surface area contributed by atoms with Crippen molar-refractivity contribution < 1.29 is 8.42 Å². The summed E-state index contributed by atoms with van der Waals surface area (Å²) in [5, 5.41) is 4.03. The molecule has 1 aromatic rings. The number of nitrogens with zero attached hydrogens (tertiary/aromatic N) is 4. The molecule has 3 N–H and O–H groups in total. The maximum atomic E-state index is 12.1. The first-order valence-corrected chi connectivity index (χ1v) is 7.74. The number of aromatic nitrogens is 3. The van der Waals surface area contributed by atoms with Gasteiger partial charge in [-0.05, 0) is 25.3 Å². The molecule has 1 atom stereocenters. The van der Waals surface area contributed by atoms with Gasteiger partial charge in [0.2, 0.25) is 0 Å². The maximum absolute atomic E-state index is 12.1. The van der Waals surface area contributed by atoms with Crippen molar-refractivity contribution in [3.8, 4) is 0 Å². The zero-order chi connectivity index (χ0) is 13.9. The molecule has 0 aliphatic carbocycles. The number of hydrogen-bond donors (Lipinski definition) is 2. The number of piperidine rings is 1. The summed E-state index contributed by atoms with van der Waals surface area (Å²) in [7, 11) is -1.74. The van der Waals surface area contributed by atoms with E-state index >= 15 is 0 Å². The van der Waals surface area contributed by atoms with Gasteiger partial charge in [0.15, 0.2) is 5.82 Å². The first-order chi connectivity index (χ1) is 9.01. The second kappa shape index (κ2) is 5.95. The number of nitrogens with one attached hydrogen (secondary N) is 1. The van der Waals surface area contributed by atoms with Crippen LogP contribution in [0.25, 0.3) is 0 Å². The maximum Gasteiger partial charge on any atom is 0.279 e. The molecule has 0 spiro atoms. The Morgan fingerprint density at radius 2 is 2.37 bits per heavy atom. The molecule has 1 aliphatic heterocycles. The Bertz CT molecular complexity index is 514. The summed E-state index contributed by atoms with van der Waals surface area (Å²) in [6.45, 7) is 1.66. The first-order valence-electron chi connectivity index (χ1n) is 6.30. The molecule has 108 valence electrons. The Balaban J connectivity index is 1.94. The smallest absolute Gasteiger partial charge is 0.279 e. The highest BCUT2D eigenvalue weighted by Crippen LogP contribution is 2.17. The minimum Gasteiger partial charge on any atom is -0.330 e. The molecule has 2 rings (SSSR count). The van der Waals surface area contributed by atoms with Gasteiger partial charge in [0.25, 0.3) is 10.2 Å². The molecule has 9 heteroatoms. The summed E-state index contributed by atoms with van der Waals surface area (Å²) >= 11 is 0. The van der Waals surface area contributed by atoms with Gasteiger partial charge < -0.3 is 5.73 Å². The third kappa shape index (κ3) is 3.72. The van der Waals surface area contributed by atoms with E-state index in [1.807, 2.05) is 0 Å². The van der Waals surface area contributed by atoms with Crippen molar-refractivity contribution in [3.63, 3.8) is 0 Å². The van der Waals surface area contributed by atoms with Crippen LogP contribution in [0.1, 0.15) is 18.7 Å². The van der Waals surface area contributed by atoms with E-state index in [0.29, 0.717) is 25.5 Å². The van der Waals surface area contributed by atoms with E-state index in [1.54, 1.807) is 7.05 Å². The number of aryl methyl sites for hydroxylation is 1. The van der Waals surface area contributed by atoms with Crippen molar-refractivity contribution >= 4 is 10.2 Å². The monoisotopic (exact) mass is 288 g/mol. The third-order valence-electron chi connectivity index (χ3n) is 3.21. The summed E-state index contributed by atoms with van der Waals surface area (Å²) in [5.74, 6) is 0.705. The summed E-state index contributed by atoms with van der Waals surface area (Å²) in [5.41, 5.74) is 5.61. The Kier molecular flexibility index (Phi) is 4.50. The molecule has 1 aromatic heterocycles. The highest BCUT2D eigenvalue weighted by Gasteiger charge is 2.28. The highest BCUT2D eigenvalue weighted by atomic mass is 32.2. The number of rotatable bonds is 5. The quantitative estimate of drug-likeness (QED) is 0.709. The molecule has 1 fully saturated rings. The predicted octanol–water partition coefficient (Wildman–Crippen LogP) is -1.18. The van der Waals surface area contributed by atoms with Gasteiger partial charge in [-0.15, -0.1) is 0 Å². The molecule has 0 amide bonds. The Labute approximate surface area is 113 Å². The summed E-state index contributed by atoms with van der Waals surface area (Å²) in [6, 6.07) is 0. The zero-order valence-electron chi connectivity index (χ0n) is 11.0.